The van der Waals surface area contributed by atoms with E-state index in [9.17, 15) is 19.4 Å². The first kappa shape index (κ1) is 56.5. The van der Waals surface area contributed by atoms with Gasteiger partial charge in [0.15, 0.2) is 0 Å². The van der Waals surface area contributed by atoms with Crippen LogP contribution >= 0.6 is 7.82 Å². The van der Waals surface area contributed by atoms with Gasteiger partial charge in [-0.2, -0.15) is 0 Å². The Kier molecular flexibility index (Phi) is 39.8. The number of aliphatic hydroxyl groups is 1. The second kappa shape index (κ2) is 40.8. The van der Waals surface area contributed by atoms with Crippen LogP contribution in [0.25, 0.3) is 0 Å². The Morgan fingerprint density at radius 1 is 0.569 bits per heavy atom. The molecule has 0 fully saturated rings. The van der Waals surface area contributed by atoms with Crippen molar-refractivity contribution in [3.63, 3.8) is 0 Å². The molecule has 8 nitrogen and oxygen atoms in total. The van der Waals surface area contributed by atoms with Crippen LogP contribution in [0.1, 0.15) is 206 Å². The minimum atomic E-state index is -4.35. The van der Waals surface area contributed by atoms with Crippen LogP contribution in [0.2, 0.25) is 0 Å². The summed E-state index contributed by atoms with van der Waals surface area (Å²) in [5.74, 6) is -0.200. The van der Waals surface area contributed by atoms with Gasteiger partial charge < -0.3 is 19.8 Å². The lowest BCUT2D eigenvalue weighted by Gasteiger charge is -2.25. The molecule has 0 aromatic carbocycles. The molecule has 0 saturated carbocycles. The van der Waals surface area contributed by atoms with E-state index in [0.717, 1.165) is 57.8 Å². The van der Waals surface area contributed by atoms with E-state index >= 15 is 0 Å². The number of carbonyl (C=O) groups excluding carboxylic acids is 1. The maximum absolute atomic E-state index is 12.9. The van der Waals surface area contributed by atoms with Gasteiger partial charge >= 0.3 is 7.82 Å². The number of nitrogens with zero attached hydrogens (tertiary/aromatic N) is 1. The monoisotopic (exact) mass is 838 g/mol. The van der Waals surface area contributed by atoms with E-state index in [1.165, 1.54) is 128 Å². The molecule has 0 saturated heterocycles. The molecular weight excluding hydrogens is 744 g/mol. The van der Waals surface area contributed by atoms with E-state index in [2.05, 4.69) is 55.6 Å². The number of phosphoric acid groups is 1. The first-order valence-corrected chi connectivity index (χ1v) is 25.5. The highest BCUT2D eigenvalue weighted by Crippen LogP contribution is 2.43. The molecule has 340 valence electrons. The zero-order chi connectivity index (χ0) is 42.8. The number of allylic oxidation sites excluding steroid dienone is 7. The fraction of sp³-hybridized carbons (Fsp3) is 0.816. The molecule has 0 radical (unpaired) electrons. The van der Waals surface area contributed by atoms with Crippen molar-refractivity contribution in [3.05, 3.63) is 48.6 Å². The largest absolute Gasteiger partial charge is 0.472 e. The summed E-state index contributed by atoms with van der Waals surface area (Å²) >= 11 is 0. The Labute approximate surface area is 359 Å². The fourth-order valence-electron chi connectivity index (χ4n) is 6.66. The SMILES string of the molecule is CCCCCCCCC/C=C\CCCCCCCC(=O)NC(COP(=O)(O)OCC[N+](C)(C)C)C(O)/C=C/CC/C=C/CC/C=C/CCCCCCCCCCCC. The summed E-state index contributed by atoms with van der Waals surface area (Å²) in [6.07, 6.45) is 51.9. The topological polar surface area (TPSA) is 105 Å². The number of rotatable bonds is 43. The molecule has 3 N–H and O–H groups in total. The Morgan fingerprint density at radius 3 is 1.38 bits per heavy atom. The van der Waals surface area contributed by atoms with Crippen molar-refractivity contribution in [2.75, 3.05) is 40.9 Å². The molecule has 1 amide bonds. The number of phosphoric ester groups is 1. The first-order valence-electron chi connectivity index (χ1n) is 24.0. The lowest BCUT2D eigenvalue weighted by atomic mass is 10.1. The number of quaternary nitrogens is 1. The minimum absolute atomic E-state index is 0.0511. The molecule has 0 aliphatic carbocycles. The smallest absolute Gasteiger partial charge is 0.387 e. The maximum Gasteiger partial charge on any atom is 0.472 e. The van der Waals surface area contributed by atoms with Crippen molar-refractivity contribution in [2.45, 2.75) is 219 Å². The van der Waals surface area contributed by atoms with Crippen LogP contribution in [-0.4, -0.2) is 73.4 Å². The molecule has 0 aliphatic heterocycles. The van der Waals surface area contributed by atoms with E-state index < -0.39 is 20.0 Å². The van der Waals surface area contributed by atoms with E-state index in [0.29, 0.717) is 17.4 Å². The van der Waals surface area contributed by atoms with Gasteiger partial charge in [-0.1, -0.05) is 178 Å². The van der Waals surface area contributed by atoms with Crippen molar-refractivity contribution in [2.24, 2.45) is 0 Å². The zero-order valence-electron chi connectivity index (χ0n) is 38.5. The van der Waals surface area contributed by atoms with Gasteiger partial charge in [0, 0.05) is 6.42 Å². The summed E-state index contributed by atoms with van der Waals surface area (Å²) < 4.78 is 23.6. The second-order valence-electron chi connectivity index (χ2n) is 17.5. The number of hydrogen-bond donors (Lipinski definition) is 3. The lowest BCUT2D eigenvalue weighted by Crippen LogP contribution is -2.45. The molecule has 0 aliphatic rings. The average molecular weight is 838 g/mol. The van der Waals surface area contributed by atoms with Gasteiger partial charge in [-0.25, -0.2) is 4.57 Å². The molecule has 0 bridgehead atoms. The van der Waals surface area contributed by atoms with Gasteiger partial charge in [0.2, 0.25) is 5.91 Å². The molecule has 3 unspecified atom stereocenters. The fourth-order valence-corrected chi connectivity index (χ4v) is 7.39. The van der Waals surface area contributed by atoms with Crippen molar-refractivity contribution >= 4 is 13.7 Å². The van der Waals surface area contributed by atoms with Gasteiger partial charge in [-0.05, 0) is 70.6 Å². The van der Waals surface area contributed by atoms with Gasteiger partial charge in [0.05, 0.1) is 39.9 Å². The van der Waals surface area contributed by atoms with Crippen LogP contribution in [0, 0.1) is 0 Å². The normalized spacial score (nSPS) is 14.7. The molecule has 9 heteroatoms. The summed E-state index contributed by atoms with van der Waals surface area (Å²) in [6, 6.07) is -0.873. The predicted molar refractivity (Wildman–Crippen MR) is 249 cm³/mol. The van der Waals surface area contributed by atoms with E-state index in [-0.39, 0.29) is 19.1 Å². The number of likely N-dealkylation sites (N-methyl/N-ethyl adjacent to an activating group) is 1. The third-order valence-electron chi connectivity index (χ3n) is 10.5. The number of amides is 1. The molecule has 0 aromatic heterocycles. The Balaban J connectivity index is 4.47. The van der Waals surface area contributed by atoms with Crippen molar-refractivity contribution in [3.8, 4) is 0 Å². The van der Waals surface area contributed by atoms with Crippen molar-refractivity contribution < 1.29 is 32.9 Å². The van der Waals surface area contributed by atoms with E-state index in [4.69, 9.17) is 9.05 Å². The zero-order valence-corrected chi connectivity index (χ0v) is 39.4. The van der Waals surface area contributed by atoms with Gasteiger partial charge in [-0.15, -0.1) is 0 Å². The van der Waals surface area contributed by atoms with Crippen LogP contribution < -0.4 is 5.32 Å². The number of carbonyl (C=O) groups is 1. The molecule has 0 aromatic rings. The van der Waals surface area contributed by atoms with Gasteiger partial charge in [-0.3, -0.25) is 13.8 Å². The van der Waals surface area contributed by atoms with Crippen molar-refractivity contribution in [1.82, 2.24) is 5.32 Å². The summed E-state index contributed by atoms with van der Waals surface area (Å²) in [5, 5.41) is 13.8. The minimum Gasteiger partial charge on any atom is -0.387 e. The van der Waals surface area contributed by atoms with Crippen LogP contribution in [0.5, 0.6) is 0 Å². The lowest BCUT2D eigenvalue weighted by molar-refractivity contribution is -0.870. The van der Waals surface area contributed by atoms with E-state index in [1.807, 2.05) is 27.2 Å². The third-order valence-corrected chi connectivity index (χ3v) is 11.5. The summed E-state index contributed by atoms with van der Waals surface area (Å²) in [4.78, 5) is 23.1. The van der Waals surface area contributed by atoms with Crippen LogP contribution in [-0.2, 0) is 18.4 Å². The van der Waals surface area contributed by atoms with Gasteiger partial charge in [0.25, 0.3) is 0 Å². The highest BCUT2D eigenvalue weighted by atomic mass is 31.2. The van der Waals surface area contributed by atoms with Crippen LogP contribution in [0.3, 0.4) is 0 Å². The third kappa shape index (κ3) is 42.6. The Bertz CT molecular complexity index is 1090. The molecule has 58 heavy (non-hydrogen) atoms. The highest BCUT2D eigenvalue weighted by Gasteiger charge is 2.27. The van der Waals surface area contributed by atoms with Crippen LogP contribution in [0.4, 0.5) is 0 Å². The highest BCUT2D eigenvalue weighted by molar-refractivity contribution is 7.47. The van der Waals surface area contributed by atoms with Crippen molar-refractivity contribution in [1.29, 1.82) is 0 Å². The number of unbranched alkanes of at least 4 members (excludes halogenated alkanes) is 24. The predicted octanol–water partition coefficient (Wildman–Crippen LogP) is 13.6. The van der Waals surface area contributed by atoms with E-state index in [1.54, 1.807) is 6.08 Å². The second-order valence-corrected chi connectivity index (χ2v) is 18.9. The van der Waals surface area contributed by atoms with Crippen LogP contribution in [0.15, 0.2) is 48.6 Å². The first-order chi connectivity index (χ1) is 28.0. The summed E-state index contributed by atoms with van der Waals surface area (Å²) in [5.41, 5.74) is 0. The number of aliphatic hydroxyl groups excluding tert-OH is 1. The molecule has 0 spiro atoms. The molecule has 0 rings (SSSR count). The molecular formula is C49H94N2O6P+. The Hall–Kier alpha value is -1.54. The van der Waals surface area contributed by atoms with Gasteiger partial charge in [0.1, 0.15) is 13.2 Å². The quantitative estimate of drug-likeness (QED) is 0.0244. The molecule has 3 atom stereocenters. The summed E-state index contributed by atoms with van der Waals surface area (Å²) in [7, 11) is 1.54. The maximum atomic E-state index is 12.9. The summed E-state index contributed by atoms with van der Waals surface area (Å²) in [6.45, 7) is 4.77. The standard InChI is InChI=1S/C49H93N2O6P/c1-6-8-10-12-14-16-18-20-22-24-25-26-27-28-30-32-34-36-38-40-42-48(52)47(46-57-58(54,55)56-45-44-51(3,4)5)50-49(53)43-41-39-37-35-33-31-29-23-21-19-17-15-13-11-9-7-2/h23,26-27,29,32,34,40,42,47-48,52H,6-22,24-25,28,30-31,33,35-39,41,43-46H2,1-5H3,(H-,50,53,54,55)/p+1/b27-26+,29-23-,34-32+,42-40+. The molecule has 0 heterocycles. The Morgan fingerprint density at radius 2 is 0.948 bits per heavy atom. The number of hydrogen-bond acceptors (Lipinski definition) is 5. The average Bonchev–Trinajstić information content (AvgIpc) is 3.17. The number of nitrogens with one attached hydrogen (secondary N) is 1.